The quantitative estimate of drug-likeness (QED) is 0.897. The molecule has 1 heterocycles. The van der Waals surface area contributed by atoms with Crippen LogP contribution in [0, 0.1) is 17.2 Å². The van der Waals surface area contributed by atoms with Crippen LogP contribution < -0.4 is 0 Å². The van der Waals surface area contributed by atoms with Crippen LogP contribution in [-0.4, -0.2) is 60.3 Å². The Morgan fingerprint density at radius 1 is 1.46 bits per heavy atom. The Balaban J connectivity index is 2.28. The molecule has 2 atom stereocenters. The molecule has 6 heteroatoms. The number of hydrogen-bond acceptors (Lipinski definition) is 5. The molecular weight excluding hydrogens is 330 g/mol. The molecule has 6 nitrogen and oxygen atoms in total. The van der Waals surface area contributed by atoms with E-state index in [1.165, 1.54) is 0 Å². The molecule has 1 fully saturated rings. The Hall–Kier alpha value is -2.10. The lowest BCUT2D eigenvalue weighted by molar-refractivity contribution is -0.0854. The van der Waals surface area contributed by atoms with Crippen molar-refractivity contribution in [2.75, 3.05) is 33.7 Å². The predicted molar refractivity (Wildman–Crippen MR) is 99.5 cm³/mol. The van der Waals surface area contributed by atoms with E-state index in [2.05, 4.69) is 6.07 Å². The average Bonchev–Trinajstić information content (AvgIpc) is 2.55. The molecule has 26 heavy (non-hydrogen) atoms. The molecule has 1 aliphatic rings. The van der Waals surface area contributed by atoms with E-state index in [1.807, 2.05) is 45.8 Å². The summed E-state index contributed by atoms with van der Waals surface area (Å²) in [6.07, 6.45) is 0.0497. The van der Waals surface area contributed by atoms with Crippen LogP contribution in [0.25, 0.3) is 0 Å². The molecule has 1 aromatic rings. The van der Waals surface area contributed by atoms with Gasteiger partial charge in [0, 0.05) is 25.6 Å². The van der Waals surface area contributed by atoms with Crippen LogP contribution in [-0.2, 0) is 10.3 Å². The molecule has 1 aromatic carbocycles. The third-order valence-electron chi connectivity index (χ3n) is 4.61. The molecule has 1 N–H and O–H groups in total. The number of carbonyl (C=O) groups excluding carboxylic acids is 1. The molecule has 1 saturated heterocycles. The number of rotatable bonds is 3. The highest BCUT2D eigenvalue weighted by molar-refractivity contribution is 5.68. The molecule has 0 bridgehead atoms. The van der Waals surface area contributed by atoms with Crippen molar-refractivity contribution >= 4 is 6.09 Å². The Morgan fingerprint density at radius 2 is 2.15 bits per heavy atom. The minimum Gasteiger partial charge on any atom is -0.444 e. The normalized spacial score (nSPS) is 23.6. The van der Waals surface area contributed by atoms with E-state index in [0.717, 1.165) is 5.56 Å². The summed E-state index contributed by atoms with van der Waals surface area (Å²) in [6, 6.07) is 9.24. The standard InChI is InChI=1S/C20H29N3O3/c1-19(2,3)26-18(24)23-10-9-20(25,17(14-23)13-22(4)5)16-8-6-7-15(11-16)12-21/h6-8,11,17,25H,9-10,13-14H2,1-5H3/t17-,20-/m0/s1. The Bertz CT molecular complexity index is 690. The number of carbonyl (C=O) groups is 1. The highest BCUT2D eigenvalue weighted by Crippen LogP contribution is 2.38. The molecule has 0 aromatic heterocycles. The summed E-state index contributed by atoms with van der Waals surface area (Å²) in [6.45, 7) is 6.96. The zero-order valence-corrected chi connectivity index (χ0v) is 16.3. The molecule has 142 valence electrons. The Morgan fingerprint density at radius 3 is 2.73 bits per heavy atom. The van der Waals surface area contributed by atoms with Crippen LogP contribution in [0.15, 0.2) is 24.3 Å². The maximum absolute atomic E-state index is 12.5. The van der Waals surface area contributed by atoms with Gasteiger partial charge in [0.15, 0.2) is 0 Å². The van der Waals surface area contributed by atoms with E-state index in [4.69, 9.17) is 10.00 Å². The third-order valence-corrected chi connectivity index (χ3v) is 4.61. The lowest BCUT2D eigenvalue weighted by Gasteiger charge is -2.46. The molecular formula is C20H29N3O3. The van der Waals surface area contributed by atoms with Crippen LogP contribution in [0.5, 0.6) is 0 Å². The third kappa shape index (κ3) is 4.75. The van der Waals surface area contributed by atoms with Crippen molar-refractivity contribution in [2.45, 2.75) is 38.4 Å². The van der Waals surface area contributed by atoms with E-state index in [9.17, 15) is 9.90 Å². The molecule has 0 aliphatic carbocycles. The second kappa shape index (κ2) is 7.65. The van der Waals surface area contributed by atoms with E-state index >= 15 is 0 Å². The van der Waals surface area contributed by atoms with Gasteiger partial charge in [-0.2, -0.15) is 5.26 Å². The maximum atomic E-state index is 12.5. The molecule has 2 rings (SSSR count). The van der Waals surface area contributed by atoms with Gasteiger partial charge in [-0.15, -0.1) is 0 Å². The van der Waals surface area contributed by atoms with Crippen molar-refractivity contribution < 1.29 is 14.6 Å². The minimum atomic E-state index is -1.09. The SMILES string of the molecule is CN(C)C[C@H]1CN(C(=O)OC(C)(C)C)CC[C@]1(O)c1cccc(C#N)c1. The fourth-order valence-electron chi connectivity index (χ4n) is 3.40. The zero-order chi connectivity index (χ0) is 19.5. The van der Waals surface area contributed by atoms with Crippen molar-refractivity contribution in [2.24, 2.45) is 5.92 Å². The second-order valence-corrected chi connectivity index (χ2v) is 8.25. The number of hydrogen-bond donors (Lipinski definition) is 1. The van der Waals surface area contributed by atoms with Crippen molar-refractivity contribution in [3.8, 4) is 6.07 Å². The van der Waals surface area contributed by atoms with Crippen LogP contribution >= 0.6 is 0 Å². The molecule has 1 aliphatic heterocycles. The van der Waals surface area contributed by atoms with Crippen molar-refractivity contribution in [3.05, 3.63) is 35.4 Å². The first-order chi connectivity index (χ1) is 12.0. The monoisotopic (exact) mass is 359 g/mol. The largest absolute Gasteiger partial charge is 0.444 e. The summed E-state index contributed by atoms with van der Waals surface area (Å²) < 4.78 is 5.49. The van der Waals surface area contributed by atoms with Gasteiger partial charge in [0.2, 0.25) is 0 Å². The highest BCUT2D eigenvalue weighted by atomic mass is 16.6. The van der Waals surface area contributed by atoms with Gasteiger partial charge in [-0.1, -0.05) is 12.1 Å². The van der Waals surface area contributed by atoms with Gasteiger partial charge in [0.05, 0.1) is 17.2 Å². The first-order valence-electron chi connectivity index (χ1n) is 8.91. The van der Waals surface area contributed by atoms with E-state index in [1.54, 1.807) is 23.1 Å². The molecule has 0 unspecified atom stereocenters. The van der Waals surface area contributed by atoms with Crippen LogP contribution in [0.3, 0.4) is 0 Å². The Kier molecular flexibility index (Phi) is 5.94. The molecule has 0 saturated carbocycles. The lowest BCUT2D eigenvalue weighted by atomic mass is 9.75. The first-order valence-corrected chi connectivity index (χ1v) is 8.91. The number of ether oxygens (including phenoxy) is 1. The second-order valence-electron chi connectivity index (χ2n) is 8.25. The van der Waals surface area contributed by atoms with Gasteiger partial charge < -0.3 is 19.6 Å². The molecule has 0 spiro atoms. The van der Waals surface area contributed by atoms with E-state index < -0.39 is 11.2 Å². The van der Waals surface area contributed by atoms with Crippen molar-refractivity contribution in [1.29, 1.82) is 5.26 Å². The molecule has 1 amide bonds. The summed E-state index contributed by atoms with van der Waals surface area (Å²) in [7, 11) is 3.89. The number of nitrogens with zero attached hydrogens (tertiary/aromatic N) is 3. The number of benzene rings is 1. The van der Waals surface area contributed by atoms with Crippen molar-refractivity contribution in [1.82, 2.24) is 9.80 Å². The summed E-state index contributed by atoms with van der Waals surface area (Å²) in [5, 5.41) is 20.7. The number of piperidine rings is 1. The van der Waals surface area contributed by atoms with Gasteiger partial charge in [0.25, 0.3) is 0 Å². The zero-order valence-electron chi connectivity index (χ0n) is 16.3. The van der Waals surface area contributed by atoms with Gasteiger partial charge in [0.1, 0.15) is 5.60 Å². The highest BCUT2D eigenvalue weighted by Gasteiger charge is 2.44. The smallest absolute Gasteiger partial charge is 0.410 e. The predicted octanol–water partition coefficient (Wildman–Crippen LogP) is 2.56. The number of likely N-dealkylation sites (tertiary alicyclic amines) is 1. The first kappa shape index (κ1) is 20.2. The van der Waals surface area contributed by atoms with Crippen LogP contribution in [0.4, 0.5) is 4.79 Å². The van der Waals surface area contributed by atoms with Gasteiger partial charge in [-0.25, -0.2) is 4.79 Å². The number of aliphatic hydroxyl groups is 1. The summed E-state index contributed by atoms with van der Waals surface area (Å²) in [5.41, 5.74) is -0.389. The topological polar surface area (TPSA) is 76.8 Å². The lowest BCUT2D eigenvalue weighted by Crippen LogP contribution is -2.55. The van der Waals surface area contributed by atoms with Crippen LogP contribution in [0.1, 0.15) is 38.3 Å². The van der Waals surface area contributed by atoms with E-state index in [0.29, 0.717) is 31.6 Å². The maximum Gasteiger partial charge on any atom is 0.410 e. The molecule has 0 radical (unpaired) electrons. The fraction of sp³-hybridized carbons (Fsp3) is 0.600. The van der Waals surface area contributed by atoms with E-state index in [-0.39, 0.29) is 12.0 Å². The van der Waals surface area contributed by atoms with Gasteiger partial charge in [-0.05, 0) is 59.0 Å². The minimum absolute atomic E-state index is 0.187. The van der Waals surface area contributed by atoms with Crippen molar-refractivity contribution in [3.63, 3.8) is 0 Å². The number of amides is 1. The van der Waals surface area contributed by atoms with Gasteiger partial charge >= 0.3 is 6.09 Å². The summed E-state index contributed by atoms with van der Waals surface area (Å²) >= 11 is 0. The summed E-state index contributed by atoms with van der Waals surface area (Å²) in [4.78, 5) is 16.1. The fourth-order valence-corrected chi connectivity index (χ4v) is 3.40. The Labute approximate surface area is 156 Å². The van der Waals surface area contributed by atoms with Crippen LogP contribution in [0.2, 0.25) is 0 Å². The average molecular weight is 359 g/mol. The summed E-state index contributed by atoms with van der Waals surface area (Å²) in [5.74, 6) is -0.187. The van der Waals surface area contributed by atoms with Gasteiger partial charge in [-0.3, -0.25) is 0 Å². The number of nitriles is 1.